The molecule has 0 saturated heterocycles. The average molecular weight is 763 g/mol. The van der Waals surface area contributed by atoms with Gasteiger partial charge in [0, 0.05) is 35.7 Å². The highest BCUT2D eigenvalue weighted by Crippen LogP contribution is 2.43. The van der Waals surface area contributed by atoms with Gasteiger partial charge in [-0.05, 0) is 151 Å². The smallest absolute Gasteiger partial charge is 0.156 e. The van der Waals surface area contributed by atoms with E-state index in [0.717, 1.165) is 20.8 Å². The molecule has 3 aromatic carbocycles. The van der Waals surface area contributed by atoms with Gasteiger partial charge in [-0.2, -0.15) is 0 Å². The number of hydrogen-bond donors (Lipinski definition) is 1. The molecule has 5 aromatic rings. The quantitative estimate of drug-likeness (QED) is 0.134. The molecule has 2 heterocycles. The molecular formula is C41H50ClFN4O4S. The van der Waals surface area contributed by atoms with Gasteiger partial charge in [-0.25, -0.2) is 22.8 Å². The van der Waals surface area contributed by atoms with Crippen LogP contribution in [0.3, 0.4) is 0 Å². The number of fused-ring (bicyclic) bond motifs is 1. The zero-order chi connectivity index (χ0) is 50.8. The fourth-order valence-electron chi connectivity index (χ4n) is 5.69. The van der Waals surface area contributed by atoms with Gasteiger partial charge in [0.25, 0.3) is 0 Å². The highest BCUT2D eigenvalue weighted by Gasteiger charge is 2.27. The third-order valence-electron chi connectivity index (χ3n) is 9.00. The van der Waals surface area contributed by atoms with E-state index in [1.54, 1.807) is 13.8 Å². The van der Waals surface area contributed by atoms with Crippen LogP contribution in [-0.2, 0) is 16.4 Å². The van der Waals surface area contributed by atoms with E-state index in [0.29, 0.717) is 12.5 Å². The van der Waals surface area contributed by atoms with Crippen molar-refractivity contribution in [3.63, 3.8) is 0 Å². The summed E-state index contributed by atoms with van der Waals surface area (Å²) in [6, 6.07) is -5.00. The molecule has 0 saturated carbocycles. The van der Waals surface area contributed by atoms with Crippen molar-refractivity contribution < 1.29 is 41.2 Å². The van der Waals surface area contributed by atoms with Crippen LogP contribution in [-0.4, -0.2) is 42.4 Å². The molecule has 0 aliphatic rings. The number of aryl methyl sites for hydroxylation is 1. The highest BCUT2D eigenvalue weighted by atomic mass is 35.5. The summed E-state index contributed by atoms with van der Waals surface area (Å²) in [5, 5.41) is -5.80. The number of sulfone groups is 1. The molecule has 52 heavy (non-hydrogen) atoms. The van der Waals surface area contributed by atoms with Gasteiger partial charge in [0.1, 0.15) is 44.6 Å². The van der Waals surface area contributed by atoms with Crippen molar-refractivity contribution in [1.29, 1.82) is 0 Å². The summed E-state index contributed by atoms with van der Waals surface area (Å²) in [6.07, 6.45) is -0.517. The first-order chi connectivity index (χ1) is 29.8. The molecule has 2 atom stereocenters. The van der Waals surface area contributed by atoms with Gasteiger partial charge >= 0.3 is 0 Å². The Morgan fingerprint density at radius 1 is 0.981 bits per heavy atom. The zero-order valence-corrected chi connectivity index (χ0v) is 32.7. The van der Waals surface area contributed by atoms with E-state index in [2.05, 4.69) is 9.97 Å². The molecule has 0 bridgehead atoms. The number of rotatable bonds is 12. The molecule has 278 valence electrons. The lowest BCUT2D eigenvalue weighted by Crippen LogP contribution is -2.36. The van der Waals surface area contributed by atoms with Gasteiger partial charge in [0.15, 0.2) is 9.84 Å². The van der Waals surface area contributed by atoms with Crippen molar-refractivity contribution in [2.75, 3.05) is 18.4 Å². The largest absolute Gasteiger partial charge is 0.487 e. The van der Waals surface area contributed by atoms with Crippen LogP contribution >= 0.6 is 11.6 Å². The lowest BCUT2D eigenvalue weighted by molar-refractivity contribution is 0.302. The molecule has 2 aromatic heterocycles. The van der Waals surface area contributed by atoms with E-state index in [4.69, 9.17) is 35.9 Å². The van der Waals surface area contributed by atoms with E-state index in [-0.39, 0.29) is 95.3 Å². The van der Waals surface area contributed by atoms with Crippen molar-refractivity contribution in [2.45, 2.75) is 99.2 Å². The number of furan rings is 1. The van der Waals surface area contributed by atoms with Gasteiger partial charge in [-0.1, -0.05) is 11.6 Å². The number of benzene rings is 3. The number of nitrogens with zero attached hydrogens (tertiary/aromatic N) is 3. The first-order valence-corrected chi connectivity index (χ1v) is 18.0. The van der Waals surface area contributed by atoms with E-state index < -0.39 is 80.9 Å². The second-order valence-electron chi connectivity index (χ2n) is 12.7. The van der Waals surface area contributed by atoms with E-state index >= 15 is 0 Å². The summed E-state index contributed by atoms with van der Waals surface area (Å²) >= 11 is 6.79. The van der Waals surface area contributed by atoms with Crippen LogP contribution in [0.2, 0.25) is 6.43 Å². The number of anilines is 2. The van der Waals surface area contributed by atoms with Crippen LogP contribution in [0.4, 0.5) is 15.9 Å². The Labute approximate surface area is 332 Å². The second-order valence-corrected chi connectivity index (χ2v) is 15.5. The number of nitrogens with one attached hydrogen (secondary N) is 1. The Balaban J connectivity index is 1.71. The summed E-state index contributed by atoms with van der Waals surface area (Å²) in [7, 11) is -3.45. The van der Waals surface area contributed by atoms with Crippen LogP contribution in [0.15, 0.2) is 40.9 Å². The summed E-state index contributed by atoms with van der Waals surface area (Å²) < 4.78 is 176. The normalized spacial score (nSPS) is 19.1. The van der Waals surface area contributed by atoms with Crippen molar-refractivity contribution in [1.82, 2.24) is 15.3 Å². The number of aromatic nitrogens is 2. The second kappa shape index (κ2) is 15.2. The molecule has 0 aliphatic heterocycles. The maximum absolute atomic E-state index is 14.9. The Bertz CT molecular complexity index is 2920. The van der Waals surface area contributed by atoms with Crippen molar-refractivity contribution >= 4 is 43.8 Å². The third-order valence-corrected chi connectivity index (χ3v) is 11.2. The van der Waals surface area contributed by atoms with Crippen molar-refractivity contribution in [3.05, 3.63) is 97.6 Å². The Morgan fingerprint density at radius 2 is 1.67 bits per heavy atom. The fourth-order valence-corrected chi connectivity index (χ4v) is 6.74. The van der Waals surface area contributed by atoms with Gasteiger partial charge < -0.3 is 19.4 Å². The Kier molecular flexibility index (Phi) is 7.10. The molecule has 1 N–H and O–H groups in total. The summed E-state index contributed by atoms with van der Waals surface area (Å²) in [4.78, 5) is 10.1. The molecule has 11 heteroatoms. The molecular weight excluding hydrogens is 699 g/mol. The number of halogens is 2. The van der Waals surface area contributed by atoms with Crippen LogP contribution in [0.25, 0.3) is 22.2 Å². The topological polar surface area (TPSA) is 97.6 Å². The van der Waals surface area contributed by atoms with Crippen LogP contribution < -0.4 is 14.9 Å². The Hall–Kier alpha value is -3.99. The minimum Gasteiger partial charge on any atom is -0.487 e. The summed E-state index contributed by atoms with van der Waals surface area (Å²) in [5.74, 6) is -2.24. The lowest BCUT2D eigenvalue weighted by Gasteiger charge is -2.26. The summed E-state index contributed by atoms with van der Waals surface area (Å²) in [5.41, 5.74) is 0.929. The van der Waals surface area contributed by atoms with E-state index in [1.807, 2.05) is 0 Å². The minimum atomic E-state index is -4.95. The fraction of sp³-hybridized carbons (Fsp3) is 0.415. The Morgan fingerprint density at radius 3 is 2.35 bits per heavy atom. The molecule has 8 nitrogen and oxygen atoms in total. The van der Waals surface area contributed by atoms with Gasteiger partial charge in [0.05, 0.1) is 38.0 Å². The molecule has 0 fully saturated rings. The van der Waals surface area contributed by atoms with Crippen LogP contribution in [0.1, 0.15) is 102 Å². The minimum absolute atomic E-state index is 0.0160. The van der Waals surface area contributed by atoms with Gasteiger partial charge in [-0.3, -0.25) is 0 Å². The molecule has 0 radical (unpaired) electrons. The predicted molar refractivity (Wildman–Crippen MR) is 211 cm³/mol. The van der Waals surface area contributed by atoms with Crippen LogP contribution in [0, 0.1) is 54.3 Å². The molecule has 0 spiro atoms. The number of ether oxygens (including phenoxy) is 1. The number of hydrogen-bond acceptors (Lipinski definition) is 8. The lowest BCUT2D eigenvalue weighted by atomic mass is 9.95. The van der Waals surface area contributed by atoms with Crippen molar-refractivity contribution in [3.8, 4) is 17.1 Å². The van der Waals surface area contributed by atoms with Gasteiger partial charge in [0.2, 0.25) is 0 Å². The molecule has 2 unspecified atom stereocenters. The molecule has 0 aliphatic carbocycles. The zero-order valence-electron chi connectivity index (χ0n) is 45.1. The monoisotopic (exact) mass is 762 g/mol. The first-order valence-electron chi connectivity index (χ1n) is 23.1. The summed E-state index contributed by atoms with van der Waals surface area (Å²) in [6.45, 7) is 7.80. The van der Waals surface area contributed by atoms with E-state index in [1.165, 1.54) is 46.6 Å². The molecule has 5 rings (SSSR count). The SMILES string of the molecule is [2H]c1nc(N(C)c2c([2H])c(Cl)c(OC([2H])([2H])c3c([2H])c(F)c([2H])c(C)c3C)c(C)c2C)c2c(C)c(-c3oc(C([2H])(C)N([2H])C([2H])([2H])C([2H])(C)S(=O)(=O)C([2H])(C)C)c(C)c3[2H])c(C)c([2H])c2n1. The third kappa shape index (κ3) is 7.43. The predicted octanol–water partition coefficient (Wildman–Crippen LogP) is 10.1. The maximum Gasteiger partial charge on any atom is 0.156 e. The first kappa shape index (κ1) is 24.3. The van der Waals surface area contributed by atoms with Gasteiger partial charge in [-0.15, -0.1) is 0 Å². The van der Waals surface area contributed by atoms with E-state index in [9.17, 15) is 16.9 Å². The van der Waals surface area contributed by atoms with Crippen molar-refractivity contribution in [2.24, 2.45) is 0 Å². The highest BCUT2D eigenvalue weighted by molar-refractivity contribution is 7.92. The average Bonchev–Trinajstić information content (AvgIpc) is 3.51. The molecule has 0 amide bonds. The van der Waals surface area contributed by atoms with Crippen LogP contribution in [0.5, 0.6) is 5.75 Å². The standard InChI is InChI=1S/C41H50ClFN4O4S/c1-21(2)52(48,49)25(6)18-44-30(11)39-24(5)15-36(51-39)37-23(4)14-34-38(29(37)10)41(46-20-45-34)47(12)35-17-33(42)40(28(9)27(35)8)50-19-31-16-32(43)13-22(3)26(31)7/h13-17,20-21,25,30,44H,18-19H2,1-12H3/i13D,14D,15D,16D,17D,18D2,19D2,20D,21D,25D,30D/hD. The maximum atomic E-state index is 14.9.